The summed E-state index contributed by atoms with van der Waals surface area (Å²) in [5.41, 5.74) is 3.12. The molecule has 2 aromatic rings. The fourth-order valence-corrected chi connectivity index (χ4v) is 4.18. The lowest BCUT2D eigenvalue weighted by Gasteiger charge is -2.32. The highest BCUT2D eigenvalue weighted by Gasteiger charge is 2.34. The molecular formula is C21H25N3O3. The number of nitrogens with zero attached hydrogens (tertiary/aromatic N) is 3. The summed E-state index contributed by atoms with van der Waals surface area (Å²) in [5, 5.41) is 13.7. The van der Waals surface area contributed by atoms with Crippen molar-refractivity contribution in [2.45, 2.75) is 38.0 Å². The Hall–Kier alpha value is -2.63. The molecule has 1 saturated heterocycles. The minimum absolute atomic E-state index is 0.0920. The Morgan fingerprint density at radius 3 is 2.48 bits per heavy atom. The first kappa shape index (κ1) is 17.8. The Bertz CT molecular complexity index is 861. The molecule has 0 spiro atoms. The molecule has 142 valence electrons. The van der Waals surface area contributed by atoms with Crippen LogP contribution in [0.3, 0.4) is 0 Å². The first-order valence-electron chi connectivity index (χ1n) is 9.67. The number of aryl methyl sites for hydroxylation is 1. The maximum atomic E-state index is 13.0. The summed E-state index contributed by atoms with van der Waals surface area (Å²) in [7, 11) is 1.91. The number of amides is 1. The van der Waals surface area contributed by atoms with E-state index >= 15 is 0 Å². The third kappa shape index (κ3) is 3.61. The molecule has 6 heteroatoms. The summed E-state index contributed by atoms with van der Waals surface area (Å²) >= 11 is 0. The van der Waals surface area contributed by atoms with Crippen molar-refractivity contribution >= 4 is 11.9 Å². The number of aromatic nitrogens is 2. The van der Waals surface area contributed by atoms with Crippen LogP contribution in [0.4, 0.5) is 0 Å². The fraction of sp³-hybridized carbons (Fsp3) is 0.476. The highest BCUT2D eigenvalue weighted by Crippen LogP contribution is 2.41. The molecule has 0 radical (unpaired) electrons. The number of aromatic carboxylic acids is 1. The monoisotopic (exact) mass is 367 g/mol. The number of carboxylic acids is 1. The van der Waals surface area contributed by atoms with Gasteiger partial charge in [0, 0.05) is 26.1 Å². The second-order valence-corrected chi connectivity index (χ2v) is 7.74. The van der Waals surface area contributed by atoms with Crippen molar-refractivity contribution in [3.05, 3.63) is 52.8 Å². The van der Waals surface area contributed by atoms with E-state index < -0.39 is 5.97 Å². The SMILES string of the molecule is Cn1ncc(C(=O)N2CCC(Cc3ccccc3C(=O)O)CC2)c1C1CC1. The molecule has 2 fully saturated rings. The zero-order chi connectivity index (χ0) is 19.0. The topological polar surface area (TPSA) is 75.4 Å². The van der Waals surface area contributed by atoms with E-state index in [-0.39, 0.29) is 5.91 Å². The molecular weight excluding hydrogens is 342 g/mol. The average molecular weight is 367 g/mol. The van der Waals surface area contributed by atoms with E-state index in [9.17, 15) is 14.7 Å². The average Bonchev–Trinajstić information content (AvgIpc) is 3.43. The standard InChI is InChI=1S/C21H25N3O3/c1-23-19(15-6-7-15)18(13-22-23)20(25)24-10-8-14(9-11-24)12-16-4-2-3-5-17(16)21(26)27/h2-5,13-15H,6-12H2,1H3,(H,26,27). The van der Waals surface area contributed by atoms with E-state index in [0.29, 0.717) is 17.4 Å². The van der Waals surface area contributed by atoms with Crippen molar-refractivity contribution < 1.29 is 14.7 Å². The van der Waals surface area contributed by atoms with E-state index in [4.69, 9.17) is 0 Å². The lowest BCUT2D eigenvalue weighted by molar-refractivity contribution is 0.0689. The number of hydrogen-bond acceptors (Lipinski definition) is 3. The Morgan fingerprint density at radius 2 is 1.81 bits per heavy atom. The summed E-state index contributed by atoms with van der Waals surface area (Å²) in [5.74, 6) is 0.115. The Morgan fingerprint density at radius 1 is 1.11 bits per heavy atom. The van der Waals surface area contributed by atoms with Crippen LogP contribution >= 0.6 is 0 Å². The Balaban J connectivity index is 1.40. The molecule has 6 nitrogen and oxygen atoms in total. The van der Waals surface area contributed by atoms with Gasteiger partial charge >= 0.3 is 5.97 Å². The summed E-state index contributed by atoms with van der Waals surface area (Å²) < 4.78 is 1.85. The molecule has 1 aromatic heterocycles. The van der Waals surface area contributed by atoms with Crippen molar-refractivity contribution in [2.75, 3.05) is 13.1 Å². The van der Waals surface area contributed by atoms with Gasteiger partial charge in [0.15, 0.2) is 0 Å². The van der Waals surface area contributed by atoms with Gasteiger partial charge in [0.25, 0.3) is 5.91 Å². The molecule has 1 saturated carbocycles. The van der Waals surface area contributed by atoms with Gasteiger partial charge in [0.1, 0.15) is 0 Å². The molecule has 1 amide bonds. The maximum Gasteiger partial charge on any atom is 0.335 e. The van der Waals surface area contributed by atoms with Crippen LogP contribution in [0, 0.1) is 5.92 Å². The first-order valence-corrected chi connectivity index (χ1v) is 9.67. The van der Waals surface area contributed by atoms with Crippen LogP contribution in [0.5, 0.6) is 0 Å². The van der Waals surface area contributed by atoms with Gasteiger partial charge in [-0.25, -0.2) is 4.79 Å². The van der Waals surface area contributed by atoms with Crippen molar-refractivity contribution in [3.8, 4) is 0 Å². The fourth-order valence-electron chi connectivity index (χ4n) is 4.18. The molecule has 0 atom stereocenters. The van der Waals surface area contributed by atoms with Gasteiger partial charge in [-0.05, 0) is 49.7 Å². The molecule has 0 unspecified atom stereocenters. The largest absolute Gasteiger partial charge is 0.478 e. The summed E-state index contributed by atoms with van der Waals surface area (Å²) in [6, 6.07) is 7.22. The predicted octanol–water partition coefficient (Wildman–Crippen LogP) is 3.09. The number of benzene rings is 1. The van der Waals surface area contributed by atoms with Gasteiger partial charge in [-0.2, -0.15) is 5.10 Å². The number of carboxylic acid groups (broad SMARTS) is 1. The van der Waals surface area contributed by atoms with Crippen LogP contribution < -0.4 is 0 Å². The van der Waals surface area contributed by atoms with Crippen LogP contribution in [0.15, 0.2) is 30.5 Å². The number of likely N-dealkylation sites (tertiary alicyclic amines) is 1. The first-order chi connectivity index (χ1) is 13.0. The van der Waals surface area contributed by atoms with Crippen LogP contribution in [0.1, 0.15) is 63.6 Å². The normalized spacial score (nSPS) is 17.9. The van der Waals surface area contributed by atoms with E-state index in [1.807, 2.05) is 28.8 Å². The van der Waals surface area contributed by atoms with Crippen LogP contribution in [-0.2, 0) is 13.5 Å². The number of hydrogen-bond donors (Lipinski definition) is 1. The molecule has 1 aliphatic carbocycles. The second kappa shape index (κ2) is 7.18. The van der Waals surface area contributed by atoms with Gasteiger partial charge in [-0.1, -0.05) is 18.2 Å². The predicted molar refractivity (Wildman–Crippen MR) is 101 cm³/mol. The molecule has 2 aliphatic rings. The molecule has 4 rings (SSSR count). The number of carbonyl (C=O) groups excluding carboxylic acids is 1. The third-order valence-electron chi connectivity index (χ3n) is 5.84. The van der Waals surface area contributed by atoms with E-state index in [1.54, 1.807) is 18.3 Å². The van der Waals surface area contributed by atoms with Crippen LogP contribution in [0.25, 0.3) is 0 Å². The third-order valence-corrected chi connectivity index (χ3v) is 5.84. The smallest absolute Gasteiger partial charge is 0.335 e. The second-order valence-electron chi connectivity index (χ2n) is 7.74. The zero-order valence-electron chi connectivity index (χ0n) is 15.6. The Labute approximate surface area is 158 Å². The van der Waals surface area contributed by atoms with Crippen molar-refractivity contribution in [1.82, 2.24) is 14.7 Å². The highest BCUT2D eigenvalue weighted by molar-refractivity contribution is 5.95. The summed E-state index contributed by atoms with van der Waals surface area (Å²) in [6.45, 7) is 1.44. The Kier molecular flexibility index (Phi) is 4.72. The number of piperidine rings is 1. The van der Waals surface area contributed by atoms with Crippen molar-refractivity contribution in [1.29, 1.82) is 0 Å². The van der Waals surface area contributed by atoms with Gasteiger partial charge in [0.05, 0.1) is 23.0 Å². The van der Waals surface area contributed by atoms with Crippen LogP contribution in [0.2, 0.25) is 0 Å². The molecule has 1 N–H and O–H groups in total. The molecule has 27 heavy (non-hydrogen) atoms. The van der Waals surface area contributed by atoms with E-state index in [0.717, 1.165) is 62.0 Å². The summed E-state index contributed by atoms with van der Waals surface area (Å²) in [4.78, 5) is 26.3. The van der Waals surface area contributed by atoms with Crippen LogP contribution in [-0.4, -0.2) is 44.8 Å². The minimum Gasteiger partial charge on any atom is -0.478 e. The lowest BCUT2D eigenvalue weighted by atomic mass is 9.88. The highest BCUT2D eigenvalue weighted by atomic mass is 16.4. The van der Waals surface area contributed by atoms with Crippen molar-refractivity contribution in [3.63, 3.8) is 0 Å². The van der Waals surface area contributed by atoms with E-state index in [2.05, 4.69) is 5.10 Å². The quantitative estimate of drug-likeness (QED) is 0.881. The van der Waals surface area contributed by atoms with Crippen molar-refractivity contribution in [2.24, 2.45) is 13.0 Å². The molecule has 0 bridgehead atoms. The van der Waals surface area contributed by atoms with Gasteiger partial charge in [0.2, 0.25) is 0 Å². The lowest BCUT2D eigenvalue weighted by Crippen LogP contribution is -2.39. The van der Waals surface area contributed by atoms with E-state index in [1.165, 1.54) is 0 Å². The zero-order valence-corrected chi connectivity index (χ0v) is 15.6. The summed E-state index contributed by atoms with van der Waals surface area (Å²) in [6.07, 6.45) is 6.56. The maximum absolute atomic E-state index is 13.0. The van der Waals surface area contributed by atoms with Gasteiger partial charge < -0.3 is 10.0 Å². The molecule has 2 heterocycles. The molecule has 1 aliphatic heterocycles. The van der Waals surface area contributed by atoms with Gasteiger partial charge in [-0.3, -0.25) is 9.48 Å². The van der Waals surface area contributed by atoms with Gasteiger partial charge in [-0.15, -0.1) is 0 Å². The number of carbonyl (C=O) groups is 2. The number of rotatable bonds is 5. The minimum atomic E-state index is -0.873. The molecule has 1 aromatic carbocycles.